The summed E-state index contributed by atoms with van der Waals surface area (Å²) in [4.78, 5) is 38.6. The van der Waals surface area contributed by atoms with Crippen molar-refractivity contribution in [2.45, 2.75) is 26.4 Å². The summed E-state index contributed by atoms with van der Waals surface area (Å²) >= 11 is 0. The molecular weight excluding hydrogens is 347 g/mol. The number of carbonyl (C=O) groups excluding carboxylic acids is 3. The zero-order chi connectivity index (χ0) is 20.3. The number of nitrogens with zero attached hydrogens (tertiary/aromatic N) is 2. The Morgan fingerprint density at radius 1 is 1.11 bits per heavy atom. The largest absolute Gasteiger partial charge is 1.00 e. The minimum Gasteiger partial charge on any atom is -0.473 e. The molecule has 0 atom stereocenters. The topological polar surface area (TPSA) is 95.0 Å². The van der Waals surface area contributed by atoms with E-state index in [4.69, 9.17) is 4.74 Å². The predicted molar refractivity (Wildman–Crippen MR) is 94.3 cm³/mol. The number of aromatic nitrogens is 1. The number of carbonyl (C=O) groups is 3. The minimum absolute atomic E-state index is 0. The fraction of sp³-hybridized carbons (Fsp3) is 0.444. The Labute approximate surface area is 172 Å². The van der Waals surface area contributed by atoms with Crippen molar-refractivity contribution in [3.63, 3.8) is 0 Å². The van der Waals surface area contributed by atoms with Gasteiger partial charge in [0.25, 0.3) is 5.97 Å². The minimum atomic E-state index is -0.692. The van der Waals surface area contributed by atoms with Gasteiger partial charge in [0, 0.05) is 5.69 Å². The molecule has 8 nitrogen and oxygen atoms in total. The van der Waals surface area contributed by atoms with Gasteiger partial charge in [-0.2, -0.15) is 12.1 Å². The fourth-order valence-electron chi connectivity index (χ4n) is 1.51. The van der Waals surface area contributed by atoms with Gasteiger partial charge in [0.05, 0.1) is 14.2 Å². The Kier molecular flexibility index (Phi) is 13.3. The molecule has 1 heterocycles. The summed E-state index contributed by atoms with van der Waals surface area (Å²) in [5, 5.41) is 0. The summed E-state index contributed by atoms with van der Waals surface area (Å²) < 4.78 is 14.0. The van der Waals surface area contributed by atoms with E-state index in [-0.39, 0.29) is 36.2 Å². The summed E-state index contributed by atoms with van der Waals surface area (Å²) in [6, 6.07) is 2.81. The molecule has 0 aliphatic heterocycles. The van der Waals surface area contributed by atoms with Crippen molar-refractivity contribution in [2.24, 2.45) is 0 Å². The Hall–Kier alpha value is -2.04. The van der Waals surface area contributed by atoms with Crippen molar-refractivity contribution in [3.8, 4) is 0 Å². The van der Waals surface area contributed by atoms with Crippen LogP contribution < -0.4 is 18.9 Å². The van der Waals surface area contributed by atoms with Gasteiger partial charge in [0.2, 0.25) is 0 Å². The zero-order valence-corrected chi connectivity index (χ0v) is 16.8. The van der Waals surface area contributed by atoms with E-state index in [1.54, 1.807) is 0 Å². The molecule has 9 heteroatoms. The summed E-state index contributed by atoms with van der Waals surface area (Å²) in [7, 11) is 2.43. The number of ether oxygens (including phenoxy) is 3. The molecule has 0 aliphatic carbocycles. The molecule has 0 saturated carbocycles. The van der Waals surface area contributed by atoms with Crippen LogP contribution in [0.2, 0.25) is 0 Å². The maximum atomic E-state index is 11.2. The van der Waals surface area contributed by atoms with Crippen molar-refractivity contribution < 1.29 is 47.5 Å². The number of hydrogen-bond acceptors (Lipinski definition) is 7. The van der Waals surface area contributed by atoms with Crippen molar-refractivity contribution in [2.75, 3.05) is 27.3 Å². The van der Waals surface area contributed by atoms with Gasteiger partial charge in [-0.1, -0.05) is 6.20 Å². The quantitative estimate of drug-likeness (QED) is 0.300. The van der Waals surface area contributed by atoms with E-state index >= 15 is 0 Å². The van der Waals surface area contributed by atoms with Gasteiger partial charge >= 0.3 is 30.9 Å². The predicted octanol–water partition coefficient (Wildman–Crippen LogP) is -0.649. The monoisotopic (exact) mass is 372 g/mol. The van der Waals surface area contributed by atoms with Crippen LogP contribution in [0.1, 0.15) is 41.6 Å². The van der Waals surface area contributed by atoms with Gasteiger partial charge in [0.15, 0.2) is 0 Å². The summed E-state index contributed by atoms with van der Waals surface area (Å²) in [6.45, 7) is 13.4. The molecule has 0 aromatic carbocycles. The number of hydrogen-bond donors (Lipinski definition) is 0. The normalized spacial score (nSPS) is 9.74. The fourth-order valence-corrected chi connectivity index (χ4v) is 1.51. The molecule has 0 radical (unpaired) electrons. The van der Waals surface area contributed by atoms with Gasteiger partial charge < -0.3 is 37.9 Å². The summed E-state index contributed by atoms with van der Waals surface area (Å²) in [5.41, 5.74) is -0.473. The maximum Gasteiger partial charge on any atom is 1.00 e. The van der Waals surface area contributed by atoms with Gasteiger partial charge in [-0.15, -0.1) is 13.1 Å². The van der Waals surface area contributed by atoms with Crippen LogP contribution in [0.4, 0.5) is 4.79 Å². The van der Waals surface area contributed by atoms with E-state index in [1.165, 1.54) is 31.3 Å². The number of esters is 2. The van der Waals surface area contributed by atoms with E-state index in [0.29, 0.717) is 13.1 Å². The van der Waals surface area contributed by atoms with Gasteiger partial charge in [0.1, 0.15) is 5.60 Å². The van der Waals surface area contributed by atoms with Crippen LogP contribution in [0.3, 0.4) is 0 Å². The van der Waals surface area contributed by atoms with E-state index in [0.717, 1.165) is 0 Å². The standard InChI is InChI=1S/C9H8NO4.C9H17NO2.Li/c1-13-8(11)6-4-3-5-10-7(6)9(12)14-2;1-6-10(7-2)8(11)12-9(3,4)5;/h3-4H,1-2H3;1-2,6-7H2,3-5H3;/q-1;-2;+1. The van der Waals surface area contributed by atoms with Crippen LogP contribution in [0, 0.1) is 20.0 Å². The Morgan fingerprint density at radius 3 is 2.04 bits per heavy atom. The number of amides is 1. The van der Waals surface area contributed by atoms with Gasteiger partial charge in [-0.05, 0) is 26.3 Å². The molecule has 0 fully saturated rings. The second kappa shape index (κ2) is 13.2. The first-order valence-corrected chi connectivity index (χ1v) is 7.71. The molecule has 1 amide bonds. The molecule has 1 rings (SSSR count). The van der Waals surface area contributed by atoms with E-state index < -0.39 is 17.5 Å². The van der Waals surface area contributed by atoms with Crippen LogP contribution in [-0.4, -0.2) is 60.8 Å². The van der Waals surface area contributed by atoms with Crippen LogP contribution in [0.25, 0.3) is 0 Å². The van der Waals surface area contributed by atoms with Gasteiger partial charge in [-0.3, -0.25) is 4.79 Å². The second-order valence-corrected chi connectivity index (χ2v) is 5.79. The average Bonchev–Trinajstić information content (AvgIpc) is 2.60. The summed E-state index contributed by atoms with van der Waals surface area (Å²) in [5.74, 6) is -1.32. The van der Waals surface area contributed by atoms with Crippen LogP contribution in [0.15, 0.2) is 12.1 Å². The van der Waals surface area contributed by atoms with E-state index in [9.17, 15) is 14.4 Å². The van der Waals surface area contributed by atoms with Gasteiger partial charge in [-0.25, -0.2) is 9.59 Å². The van der Waals surface area contributed by atoms with E-state index in [1.807, 2.05) is 20.8 Å². The zero-order valence-electron chi connectivity index (χ0n) is 16.8. The molecule has 0 N–H and O–H groups in total. The molecular formula is C18H25LiN2O6-2. The number of methoxy groups -OCH3 is 2. The third kappa shape index (κ3) is 10.0. The molecule has 0 unspecified atom stereocenters. The first-order valence-electron chi connectivity index (χ1n) is 7.71. The Morgan fingerprint density at radius 2 is 1.63 bits per heavy atom. The van der Waals surface area contributed by atoms with Crippen molar-refractivity contribution in [1.82, 2.24) is 9.88 Å². The maximum absolute atomic E-state index is 11.2. The molecule has 0 bridgehead atoms. The Balaban J connectivity index is 0. The molecule has 1 aromatic rings. The third-order valence-electron chi connectivity index (χ3n) is 2.73. The van der Waals surface area contributed by atoms with Crippen molar-refractivity contribution in [3.05, 3.63) is 43.4 Å². The number of pyridine rings is 1. The number of rotatable bonds is 4. The van der Waals surface area contributed by atoms with E-state index in [2.05, 4.69) is 34.5 Å². The van der Waals surface area contributed by atoms with Crippen LogP contribution in [-0.2, 0) is 14.2 Å². The molecule has 0 saturated heterocycles. The van der Waals surface area contributed by atoms with Crippen molar-refractivity contribution in [1.29, 1.82) is 0 Å². The average molecular weight is 372 g/mol. The second-order valence-electron chi connectivity index (χ2n) is 5.79. The molecule has 1 aromatic heterocycles. The van der Waals surface area contributed by atoms with Crippen LogP contribution in [0.5, 0.6) is 0 Å². The van der Waals surface area contributed by atoms with Crippen molar-refractivity contribution >= 4 is 18.0 Å². The smallest absolute Gasteiger partial charge is 0.473 e. The Bertz CT molecular complexity index is 577. The molecule has 0 aliphatic rings. The molecule has 27 heavy (non-hydrogen) atoms. The first kappa shape index (κ1) is 27.2. The third-order valence-corrected chi connectivity index (χ3v) is 2.73. The first-order chi connectivity index (χ1) is 12.1. The SMILES string of the molecule is COC(=O)c1cc[c-]nc1C(=O)OC.[CH2-]CN(C[CH2-])C(=O)OC(C)(C)C.[Li+]. The molecule has 0 spiro atoms. The van der Waals surface area contributed by atoms with Crippen LogP contribution >= 0.6 is 0 Å². The molecule has 146 valence electrons. The summed E-state index contributed by atoms with van der Waals surface area (Å²) in [6.07, 6.45) is 2.08.